The molecule has 0 fully saturated rings. The summed E-state index contributed by atoms with van der Waals surface area (Å²) in [5, 5.41) is 0. The van der Waals surface area contributed by atoms with E-state index in [0.29, 0.717) is 17.8 Å². The van der Waals surface area contributed by atoms with Crippen LogP contribution in [-0.2, 0) is 6.42 Å². The lowest BCUT2D eigenvalue weighted by atomic mass is 9.99. The molecule has 0 aliphatic carbocycles. The van der Waals surface area contributed by atoms with Crippen molar-refractivity contribution in [2.75, 3.05) is 5.73 Å². The molecule has 2 rings (SSSR count). The quantitative estimate of drug-likeness (QED) is 0.453. The second kappa shape index (κ2) is 6.25. The Hall–Kier alpha value is -1.57. The highest BCUT2D eigenvalue weighted by atomic mass is 79.9. The van der Waals surface area contributed by atoms with Crippen LogP contribution in [0.5, 0.6) is 0 Å². The Morgan fingerprint density at radius 3 is 2.70 bits per heavy atom. The molecule has 1 unspecified atom stereocenters. The normalized spacial score (nSPS) is 12.4. The van der Waals surface area contributed by atoms with Crippen LogP contribution in [0.25, 0.3) is 0 Å². The van der Waals surface area contributed by atoms with Crippen molar-refractivity contribution in [2.24, 2.45) is 5.84 Å². The lowest BCUT2D eigenvalue weighted by Crippen LogP contribution is -2.30. The monoisotopic (exact) mass is 342 g/mol. The molecule has 1 aromatic heterocycles. The molecule has 0 aliphatic rings. The van der Waals surface area contributed by atoms with Gasteiger partial charge in [0.1, 0.15) is 5.82 Å². The van der Waals surface area contributed by atoms with Gasteiger partial charge in [0.15, 0.2) is 11.6 Å². The van der Waals surface area contributed by atoms with Crippen LogP contribution < -0.4 is 17.0 Å². The maximum Gasteiger partial charge on any atom is 0.173 e. The van der Waals surface area contributed by atoms with Crippen LogP contribution in [0.2, 0.25) is 0 Å². The van der Waals surface area contributed by atoms with Crippen molar-refractivity contribution in [3.63, 3.8) is 0 Å². The zero-order valence-electron chi connectivity index (χ0n) is 10.4. The van der Waals surface area contributed by atoms with Gasteiger partial charge < -0.3 is 5.73 Å². The number of rotatable bonds is 4. The van der Waals surface area contributed by atoms with Gasteiger partial charge in [-0.2, -0.15) is 0 Å². The summed E-state index contributed by atoms with van der Waals surface area (Å²) in [4.78, 5) is 3.90. The van der Waals surface area contributed by atoms with Crippen molar-refractivity contribution < 1.29 is 8.78 Å². The Labute approximate surface area is 123 Å². The Bertz CT molecular complexity index is 621. The second-order valence-electron chi connectivity index (χ2n) is 4.28. The number of nitrogens with zero attached hydrogens (tertiary/aromatic N) is 1. The van der Waals surface area contributed by atoms with Crippen molar-refractivity contribution in [2.45, 2.75) is 12.5 Å². The van der Waals surface area contributed by atoms with Crippen LogP contribution in [0.15, 0.2) is 34.9 Å². The van der Waals surface area contributed by atoms with Gasteiger partial charge in [-0.3, -0.25) is 11.3 Å². The molecule has 0 radical (unpaired) electrons. The van der Waals surface area contributed by atoms with Crippen LogP contribution in [0, 0.1) is 11.6 Å². The van der Waals surface area contributed by atoms with Gasteiger partial charge >= 0.3 is 0 Å². The highest BCUT2D eigenvalue weighted by Gasteiger charge is 2.18. The van der Waals surface area contributed by atoms with Gasteiger partial charge in [0.05, 0.1) is 10.5 Å². The summed E-state index contributed by atoms with van der Waals surface area (Å²) < 4.78 is 26.8. The first-order chi connectivity index (χ1) is 9.52. The number of nitrogens with two attached hydrogens (primary N) is 2. The lowest BCUT2D eigenvalue weighted by molar-refractivity contribution is 0.491. The zero-order chi connectivity index (χ0) is 14.7. The van der Waals surface area contributed by atoms with E-state index in [1.54, 1.807) is 18.3 Å². The number of hydrogen-bond donors (Lipinski definition) is 3. The van der Waals surface area contributed by atoms with Crippen molar-refractivity contribution in [3.05, 3.63) is 57.7 Å². The minimum Gasteiger partial charge on any atom is -0.384 e. The van der Waals surface area contributed by atoms with Gasteiger partial charge in [-0.05, 0) is 51.7 Å². The maximum atomic E-state index is 13.6. The molecule has 106 valence electrons. The number of nitrogens with one attached hydrogen (secondary N) is 1. The molecule has 7 heteroatoms. The molecule has 20 heavy (non-hydrogen) atoms. The van der Waals surface area contributed by atoms with Crippen LogP contribution in [-0.4, -0.2) is 4.98 Å². The van der Waals surface area contributed by atoms with E-state index < -0.39 is 11.6 Å². The highest BCUT2D eigenvalue weighted by molar-refractivity contribution is 9.10. The lowest BCUT2D eigenvalue weighted by Gasteiger charge is -2.18. The Kier molecular flexibility index (Phi) is 4.64. The number of halogens is 3. The topological polar surface area (TPSA) is 77.0 Å². The molecule has 0 bridgehead atoms. The summed E-state index contributed by atoms with van der Waals surface area (Å²) in [5.74, 6) is 4.06. The minimum atomic E-state index is -0.933. The third-order valence-corrected chi connectivity index (χ3v) is 3.73. The molecule has 0 saturated carbocycles. The Balaban J connectivity index is 2.31. The van der Waals surface area contributed by atoms with Crippen molar-refractivity contribution in [1.82, 2.24) is 10.4 Å². The number of benzene rings is 1. The fourth-order valence-corrected chi connectivity index (χ4v) is 2.52. The van der Waals surface area contributed by atoms with Crippen LogP contribution >= 0.6 is 15.9 Å². The number of nitrogen functional groups attached to an aromatic ring is 1. The third-order valence-electron chi connectivity index (χ3n) is 2.93. The standard InChI is InChI=1S/C13H13BrF2N4/c14-12-8(1-2-9(15)13(12)16)10(20-18)5-7-3-4-19-11(17)6-7/h1-4,6,10,20H,5,18H2,(H2,17,19). The smallest absolute Gasteiger partial charge is 0.173 e. The van der Waals surface area contributed by atoms with Crippen LogP contribution in [0.3, 0.4) is 0 Å². The first-order valence-corrected chi connectivity index (χ1v) is 6.62. The largest absolute Gasteiger partial charge is 0.384 e. The summed E-state index contributed by atoms with van der Waals surface area (Å²) in [6.07, 6.45) is 2.05. The van der Waals surface area contributed by atoms with Gasteiger partial charge in [0.2, 0.25) is 0 Å². The molecule has 4 nitrogen and oxygen atoms in total. The van der Waals surface area contributed by atoms with Crippen LogP contribution in [0.4, 0.5) is 14.6 Å². The van der Waals surface area contributed by atoms with E-state index in [1.165, 1.54) is 6.07 Å². The fraction of sp³-hybridized carbons (Fsp3) is 0.154. The summed E-state index contributed by atoms with van der Waals surface area (Å²) in [6, 6.07) is 5.66. The van der Waals surface area contributed by atoms with E-state index in [9.17, 15) is 8.78 Å². The summed E-state index contributed by atoms with van der Waals surface area (Å²) in [6.45, 7) is 0. The van der Waals surface area contributed by atoms with Gasteiger partial charge in [0.25, 0.3) is 0 Å². The fourth-order valence-electron chi connectivity index (χ4n) is 1.93. The number of anilines is 1. The molecule has 1 aromatic carbocycles. The molecule has 0 amide bonds. The third kappa shape index (κ3) is 3.12. The summed E-state index contributed by atoms with van der Waals surface area (Å²) >= 11 is 3.05. The van der Waals surface area contributed by atoms with Crippen molar-refractivity contribution in [1.29, 1.82) is 0 Å². The van der Waals surface area contributed by atoms with E-state index in [1.807, 2.05) is 0 Å². The maximum absolute atomic E-state index is 13.6. The molecule has 0 spiro atoms. The molecule has 0 saturated heterocycles. The van der Waals surface area contributed by atoms with E-state index in [-0.39, 0.29) is 10.5 Å². The van der Waals surface area contributed by atoms with Gasteiger partial charge in [-0.15, -0.1) is 0 Å². The van der Waals surface area contributed by atoms with E-state index in [2.05, 4.69) is 26.3 Å². The Morgan fingerprint density at radius 1 is 1.30 bits per heavy atom. The number of hydrazine groups is 1. The van der Waals surface area contributed by atoms with Gasteiger partial charge in [0, 0.05) is 6.20 Å². The summed E-state index contributed by atoms with van der Waals surface area (Å²) in [7, 11) is 0. The molecule has 2 aromatic rings. The van der Waals surface area contributed by atoms with Crippen molar-refractivity contribution in [3.8, 4) is 0 Å². The molecule has 1 heterocycles. The predicted octanol–water partition coefficient (Wildman–Crippen LogP) is 2.45. The molecular formula is C13H13BrF2N4. The minimum absolute atomic E-state index is 0.0579. The molecule has 5 N–H and O–H groups in total. The first-order valence-electron chi connectivity index (χ1n) is 5.83. The second-order valence-corrected chi connectivity index (χ2v) is 5.07. The van der Waals surface area contributed by atoms with Gasteiger partial charge in [-0.25, -0.2) is 13.8 Å². The Morgan fingerprint density at radius 2 is 2.05 bits per heavy atom. The zero-order valence-corrected chi connectivity index (χ0v) is 12.0. The van der Waals surface area contributed by atoms with Crippen LogP contribution in [0.1, 0.15) is 17.2 Å². The van der Waals surface area contributed by atoms with Gasteiger partial charge in [-0.1, -0.05) is 6.07 Å². The molecule has 1 atom stereocenters. The van der Waals surface area contributed by atoms with E-state index in [4.69, 9.17) is 11.6 Å². The molecular weight excluding hydrogens is 330 g/mol. The summed E-state index contributed by atoms with van der Waals surface area (Å²) in [5.41, 5.74) is 9.62. The first kappa shape index (κ1) is 14.8. The van der Waals surface area contributed by atoms with E-state index in [0.717, 1.165) is 11.6 Å². The molecule has 0 aliphatic heterocycles. The SMILES string of the molecule is NNC(Cc1ccnc(N)c1)c1ccc(F)c(F)c1Br. The number of pyridine rings is 1. The number of hydrogen-bond acceptors (Lipinski definition) is 4. The predicted molar refractivity (Wildman–Crippen MR) is 76.5 cm³/mol. The average molecular weight is 343 g/mol. The van der Waals surface area contributed by atoms with E-state index >= 15 is 0 Å². The number of aromatic nitrogens is 1. The average Bonchev–Trinajstić information content (AvgIpc) is 2.43. The van der Waals surface area contributed by atoms with Crippen molar-refractivity contribution >= 4 is 21.7 Å². The highest BCUT2D eigenvalue weighted by Crippen LogP contribution is 2.29.